The van der Waals surface area contributed by atoms with Crippen molar-refractivity contribution >= 4 is 6.09 Å². The van der Waals surface area contributed by atoms with E-state index in [2.05, 4.69) is 30.3 Å². The highest BCUT2D eigenvalue weighted by Gasteiger charge is 2.46. The monoisotopic (exact) mass is 407 g/mol. The summed E-state index contributed by atoms with van der Waals surface area (Å²) < 4.78 is 11.5. The van der Waals surface area contributed by atoms with Crippen LogP contribution in [-0.2, 0) is 16.8 Å². The quantitative estimate of drug-likeness (QED) is 0.411. The molecule has 31 heavy (non-hydrogen) atoms. The Hall–Kier alpha value is -4.05. The smallest absolute Gasteiger partial charge is 0.404 e. The van der Waals surface area contributed by atoms with Crippen molar-refractivity contribution in [3.63, 3.8) is 0 Å². The molecular weight excluding hydrogens is 386 g/mol. The molecule has 2 N–H and O–H groups in total. The number of carbonyl (C=O) groups excluding carboxylic acids is 1. The average Bonchev–Trinajstić information content (AvgIpc) is 2.82. The minimum absolute atomic E-state index is 0.0886. The third-order valence-corrected chi connectivity index (χ3v) is 5.80. The van der Waals surface area contributed by atoms with E-state index in [0.29, 0.717) is 0 Å². The summed E-state index contributed by atoms with van der Waals surface area (Å²) in [5, 5.41) is 0. The second-order valence-corrected chi connectivity index (χ2v) is 7.48. The molecule has 4 heteroatoms. The minimum Gasteiger partial charge on any atom is -0.457 e. The van der Waals surface area contributed by atoms with Crippen molar-refractivity contribution < 1.29 is 14.3 Å². The van der Waals surface area contributed by atoms with E-state index in [1.807, 2.05) is 72.8 Å². The van der Waals surface area contributed by atoms with Gasteiger partial charge in [0.15, 0.2) is 0 Å². The maximum atomic E-state index is 11.4. The summed E-state index contributed by atoms with van der Waals surface area (Å²) in [5.41, 5.74) is 9.71. The lowest BCUT2D eigenvalue weighted by molar-refractivity contribution is 0.149. The Balaban J connectivity index is 1.90. The first kappa shape index (κ1) is 18.9. The van der Waals surface area contributed by atoms with Gasteiger partial charge in [-0.3, -0.25) is 0 Å². The van der Waals surface area contributed by atoms with Gasteiger partial charge in [0.1, 0.15) is 18.1 Å². The van der Waals surface area contributed by atoms with E-state index in [9.17, 15) is 4.79 Å². The van der Waals surface area contributed by atoms with Gasteiger partial charge in [0.05, 0.1) is 5.41 Å². The molecule has 0 fully saturated rings. The Morgan fingerprint density at radius 1 is 0.710 bits per heavy atom. The van der Waals surface area contributed by atoms with Gasteiger partial charge >= 0.3 is 6.09 Å². The molecule has 0 aromatic heterocycles. The molecule has 4 nitrogen and oxygen atoms in total. The number of hydrogen-bond acceptors (Lipinski definition) is 3. The molecule has 4 aromatic carbocycles. The molecule has 5 rings (SSSR count). The number of hydrogen-bond donors (Lipinski definition) is 1. The molecule has 0 spiro atoms. The van der Waals surface area contributed by atoms with Crippen LogP contribution in [0.15, 0.2) is 103 Å². The Kier molecular flexibility index (Phi) is 4.68. The highest BCUT2D eigenvalue weighted by molar-refractivity contribution is 5.70. The van der Waals surface area contributed by atoms with E-state index >= 15 is 0 Å². The number of primary amides is 1. The summed E-state index contributed by atoms with van der Waals surface area (Å²) in [6.45, 7) is 0.0886. The molecule has 1 heterocycles. The Labute approximate surface area is 180 Å². The molecule has 1 aliphatic rings. The van der Waals surface area contributed by atoms with Crippen LogP contribution < -0.4 is 10.5 Å². The topological polar surface area (TPSA) is 61.6 Å². The fourth-order valence-corrected chi connectivity index (χ4v) is 4.60. The number of ether oxygens (including phenoxy) is 2. The van der Waals surface area contributed by atoms with Crippen LogP contribution in [0.1, 0.15) is 27.8 Å². The number of nitrogens with two attached hydrogens (primary N) is 1. The van der Waals surface area contributed by atoms with Crippen molar-refractivity contribution in [2.45, 2.75) is 12.0 Å². The third kappa shape index (κ3) is 3.04. The van der Waals surface area contributed by atoms with Crippen LogP contribution in [0, 0.1) is 0 Å². The lowest BCUT2D eigenvalue weighted by atomic mass is 9.62. The Morgan fingerprint density at radius 3 is 1.84 bits per heavy atom. The summed E-state index contributed by atoms with van der Waals surface area (Å²) in [6, 6.07) is 34.6. The number of amides is 1. The van der Waals surface area contributed by atoms with Crippen LogP contribution >= 0.6 is 0 Å². The lowest BCUT2D eigenvalue weighted by Crippen LogP contribution is -2.35. The summed E-state index contributed by atoms with van der Waals surface area (Å²) in [4.78, 5) is 11.4. The van der Waals surface area contributed by atoms with Crippen LogP contribution in [0.5, 0.6) is 11.5 Å². The molecular formula is C27H21NO3. The summed E-state index contributed by atoms with van der Waals surface area (Å²) >= 11 is 0. The van der Waals surface area contributed by atoms with Gasteiger partial charge in [-0.25, -0.2) is 4.79 Å². The fourth-order valence-electron chi connectivity index (χ4n) is 4.60. The van der Waals surface area contributed by atoms with Crippen molar-refractivity contribution in [2.75, 3.05) is 0 Å². The van der Waals surface area contributed by atoms with Crippen LogP contribution in [0.25, 0.3) is 0 Å². The first-order chi connectivity index (χ1) is 15.2. The van der Waals surface area contributed by atoms with Crippen LogP contribution in [0.2, 0.25) is 0 Å². The third-order valence-electron chi connectivity index (χ3n) is 5.80. The van der Waals surface area contributed by atoms with Gasteiger partial charge in [0.25, 0.3) is 0 Å². The van der Waals surface area contributed by atoms with Crippen molar-refractivity contribution in [1.29, 1.82) is 0 Å². The van der Waals surface area contributed by atoms with Gasteiger partial charge in [0, 0.05) is 11.1 Å². The number of carbonyl (C=O) groups is 1. The van der Waals surface area contributed by atoms with Crippen LogP contribution in [-0.4, -0.2) is 6.09 Å². The average molecular weight is 407 g/mol. The molecule has 0 saturated carbocycles. The highest BCUT2D eigenvalue weighted by atomic mass is 16.5. The number of fused-ring (bicyclic) bond motifs is 2. The Bertz CT molecular complexity index is 1200. The second kappa shape index (κ2) is 7.65. The number of para-hydroxylation sites is 2. The van der Waals surface area contributed by atoms with E-state index in [4.69, 9.17) is 15.2 Å². The second-order valence-electron chi connectivity index (χ2n) is 7.48. The fraction of sp³-hybridized carbons (Fsp3) is 0.0741. The van der Waals surface area contributed by atoms with E-state index < -0.39 is 11.5 Å². The van der Waals surface area contributed by atoms with Gasteiger partial charge in [-0.15, -0.1) is 0 Å². The zero-order valence-electron chi connectivity index (χ0n) is 16.8. The lowest BCUT2D eigenvalue weighted by Gasteiger charge is -2.42. The SMILES string of the molecule is NC(=O)OCc1ccccc1C1(c2ccccc2)c2ccccc2Oc2ccccc21. The van der Waals surface area contributed by atoms with Gasteiger partial charge in [-0.2, -0.15) is 0 Å². The molecule has 4 aromatic rings. The summed E-state index contributed by atoms with van der Waals surface area (Å²) in [6.07, 6.45) is -0.795. The van der Waals surface area contributed by atoms with Gasteiger partial charge < -0.3 is 15.2 Å². The first-order valence-corrected chi connectivity index (χ1v) is 10.1. The van der Waals surface area contributed by atoms with Crippen molar-refractivity contribution in [2.24, 2.45) is 5.73 Å². The van der Waals surface area contributed by atoms with Crippen LogP contribution in [0.4, 0.5) is 4.79 Å². The maximum absolute atomic E-state index is 11.4. The number of benzene rings is 4. The highest BCUT2D eigenvalue weighted by Crippen LogP contribution is 2.55. The normalized spacial score (nSPS) is 13.4. The van der Waals surface area contributed by atoms with E-state index in [-0.39, 0.29) is 6.61 Å². The molecule has 0 aliphatic carbocycles. The van der Waals surface area contributed by atoms with Gasteiger partial charge in [0.2, 0.25) is 0 Å². The van der Waals surface area contributed by atoms with Crippen LogP contribution in [0.3, 0.4) is 0 Å². The maximum Gasteiger partial charge on any atom is 0.404 e. The van der Waals surface area contributed by atoms with Crippen molar-refractivity contribution in [1.82, 2.24) is 0 Å². The summed E-state index contributed by atoms with van der Waals surface area (Å²) in [5.74, 6) is 1.60. The molecule has 0 radical (unpaired) electrons. The molecule has 1 aliphatic heterocycles. The van der Waals surface area contributed by atoms with E-state index in [1.165, 1.54) is 0 Å². The van der Waals surface area contributed by atoms with Crippen molar-refractivity contribution in [3.8, 4) is 11.5 Å². The minimum atomic E-state index is -0.795. The first-order valence-electron chi connectivity index (χ1n) is 10.1. The Morgan fingerprint density at radius 2 is 1.23 bits per heavy atom. The molecule has 152 valence electrons. The summed E-state index contributed by atoms with van der Waals surface area (Å²) in [7, 11) is 0. The van der Waals surface area contributed by atoms with Gasteiger partial charge in [-0.05, 0) is 28.8 Å². The largest absolute Gasteiger partial charge is 0.457 e. The van der Waals surface area contributed by atoms with Crippen molar-refractivity contribution in [3.05, 3.63) is 131 Å². The molecule has 0 saturated heterocycles. The van der Waals surface area contributed by atoms with E-state index in [1.54, 1.807) is 0 Å². The zero-order chi connectivity index (χ0) is 21.3. The molecule has 0 atom stereocenters. The van der Waals surface area contributed by atoms with Gasteiger partial charge in [-0.1, -0.05) is 91.0 Å². The standard InChI is InChI=1S/C27H21NO3/c28-26(29)30-18-19-10-4-5-13-21(19)27(20-11-2-1-3-12-20)22-14-6-8-16-24(22)31-25-17-9-7-15-23(25)27/h1-17H,18H2,(H2,28,29). The zero-order valence-corrected chi connectivity index (χ0v) is 16.8. The molecule has 0 unspecified atom stereocenters. The number of rotatable bonds is 4. The molecule has 1 amide bonds. The predicted molar refractivity (Wildman–Crippen MR) is 119 cm³/mol. The molecule has 0 bridgehead atoms. The van der Waals surface area contributed by atoms with E-state index in [0.717, 1.165) is 39.3 Å². The predicted octanol–water partition coefficient (Wildman–Crippen LogP) is 5.77.